The quantitative estimate of drug-likeness (QED) is 0.0141. The van der Waals surface area contributed by atoms with Crippen LogP contribution in [0.4, 0.5) is 4.39 Å². The summed E-state index contributed by atoms with van der Waals surface area (Å²) in [6, 6.07) is 6.89. The standard InChI is InChI=1S/C18H28N4O3.C18H28N4O2.C18H27N3O3.C16H19FN4O4.C16H25N3O4.C14H26N2O4S/c1-13-18(25)22(11-10-20-13)12-16(23)15(8-4-5-9-19)21-17(24)14-6-2-3-7-14;1-14-9-11-22(13-20-14)12-17(23)16(8-4-5-10-19)21-18(24)15-6-2-3-7-15;19-11-5-3-9-15(20-18(24)14-7-1-2-8-14)16(22)13-21-12-6-4-10-17(21)23;17-15-11(4-3-8-19-15)16(23)20-12(5-1-2-7-18)13(22)10-24-14-6-9-25-21-14;17-9-4-3-7-13(18-16(21)12-5-1-2-6-12)14(20)11-22-15-8-10-23-19-15;1-21(19,20)10-13(17)12(8-4-5-9-15)16-14(18)11-6-2-3-7-11/h10-11,14-15H,2-9,12,19H2,1H3,(H,21,24);9,11,13,15-16H,1-8,10,12,19H2,(H,21,24);4,6,10,12,14-15H,1-3,5,7-9,11,13,19H2,(H,20,24);3-4,6,8-9,12H,1-2,5,7,10,18H2,(H,20,23);8,10,12-13H,1-7,9,11,17H2,(H,18,21);11-12H,2-10,15H2,1H3,(H,16,18). The van der Waals surface area contributed by atoms with E-state index in [1.165, 1.54) is 70.6 Å². The number of allylic oxidation sites excluding steroid dienone is 1. The number of halogens is 1. The molecule has 0 aromatic carbocycles. The normalized spacial score (nSPS) is 16.0. The number of ketones is 6. The molecule has 18 N–H and O–H groups in total. The SMILES string of the molecule is C=C1C=CN(CC(=O)C(CCCCN)NC(=O)C2CCCC2)C=N1.CS(=O)(=O)CC(=O)C(CCCCN)NC(=O)C1CCCC1.Cc1nccn(CC(=O)C(CCCCN)NC(=O)C2CCCC2)c1=O.NCCCCC(NC(=O)C1CCCC1)C(=O)COc1ccon1.NCCCCC(NC(=O)C1CCCC1)C(=O)Cn1ccccc1=O.NCCCCC(NC(=O)c1cccnc1F)C(=O)COc1ccon1. The van der Waals surface area contributed by atoms with Gasteiger partial charge >= 0.3 is 0 Å². The molecule has 40 nitrogen and oxygen atoms in total. The maximum absolute atomic E-state index is 13.6. The maximum Gasteiger partial charge on any atom is 0.272 e. The molecule has 5 aromatic rings. The van der Waals surface area contributed by atoms with Crippen molar-refractivity contribution >= 4 is 86.3 Å². The van der Waals surface area contributed by atoms with Gasteiger partial charge in [0.25, 0.3) is 28.8 Å². The molecule has 5 aliphatic carbocycles. The molecule has 6 atom stereocenters. The van der Waals surface area contributed by atoms with Crippen LogP contribution in [-0.2, 0) is 75.7 Å². The van der Waals surface area contributed by atoms with Crippen LogP contribution in [0.25, 0.3) is 0 Å². The molecule has 786 valence electrons. The molecule has 1 aliphatic heterocycles. The Labute approximate surface area is 831 Å². The fourth-order valence-electron chi connectivity index (χ4n) is 17.0. The van der Waals surface area contributed by atoms with Crippen LogP contribution in [0.1, 0.15) is 260 Å². The maximum atomic E-state index is 13.6. The Balaban J connectivity index is 0.000000261. The van der Waals surface area contributed by atoms with E-state index in [0.29, 0.717) is 108 Å². The molecular formula is C100H153FN20O20S. The van der Waals surface area contributed by atoms with E-state index in [1.54, 1.807) is 48.8 Å². The number of unbranched alkanes of at least 4 members (excludes halogenated alkanes) is 6. The van der Waals surface area contributed by atoms with Gasteiger partial charge in [-0.05, 0) is 261 Å². The number of carbonyl (C=O) groups excluding carboxylic acids is 12. The zero-order valence-corrected chi connectivity index (χ0v) is 83.5. The van der Waals surface area contributed by atoms with E-state index < -0.39 is 69.5 Å². The van der Waals surface area contributed by atoms with Crippen molar-refractivity contribution in [1.82, 2.24) is 66.2 Å². The van der Waals surface area contributed by atoms with E-state index in [9.17, 15) is 79.9 Å². The van der Waals surface area contributed by atoms with Crippen LogP contribution in [0.15, 0.2) is 128 Å². The molecule has 142 heavy (non-hydrogen) atoms. The number of aliphatic imine (C=N–C) groups is 1. The number of pyridine rings is 2. The lowest BCUT2D eigenvalue weighted by atomic mass is 10.0. The van der Waals surface area contributed by atoms with Crippen molar-refractivity contribution < 1.29 is 88.9 Å². The van der Waals surface area contributed by atoms with Crippen LogP contribution in [0.5, 0.6) is 11.8 Å². The number of nitrogens with zero attached hydrogens (tertiary/aromatic N) is 8. The average molecular weight is 2010 g/mol. The fraction of sp³-hybridized carbons (Fsp3) is 0.630. The molecule has 0 bridgehead atoms. The Kier molecular flexibility index (Phi) is 56.9. The molecule has 6 heterocycles. The summed E-state index contributed by atoms with van der Waals surface area (Å²) in [6.07, 6.45) is 46.7. The number of carbonyl (C=O) groups is 12. The molecule has 6 unspecified atom stereocenters. The van der Waals surface area contributed by atoms with E-state index >= 15 is 0 Å². The van der Waals surface area contributed by atoms with Gasteiger partial charge in [0.1, 0.15) is 24.0 Å². The van der Waals surface area contributed by atoms with Crippen molar-refractivity contribution in [2.45, 2.75) is 300 Å². The third kappa shape index (κ3) is 46.2. The number of amides is 6. The first kappa shape index (κ1) is 119. The monoisotopic (exact) mass is 2010 g/mol. The predicted molar refractivity (Wildman–Crippen MR) is 533 cm³/mol. The third-order valence-electron chi connectivity index (χ3n) is 25.3. The molecule has 5 aromatic heterocycles. The van der Waals surface area contributed by atoms with Crippen molar-refractivity contribution in [2.24, 2.45) is 69.0 Å². The summed E-state index contributed by atoms with van der Waals surface area (Å²) in [5, 5.41) is 24.1. The summed E-state index contributed by atoms with van der Waals surface area (Å²) in [6.45, 7) is 8.33. The molecule has 11 rings (SSSR count). The van der Waals surface area contributed by atoms with Gasteiger partial charge in [-0.2, -0.15) is 4.39 Å². The van der Waals surface area contributed by atoms with Gasteiger partial charge < -0.3 is 98.9 Å². The second-order valence-electron chi connectivity index (χ2n) is 36.7. The molecule has 6 aliphatic rings. The Morgan fingerprint density at radius 1 is 0.444 bits per heavy atom. The van der Waals surface area contributed by atoms with Crippen LogP contribution in [0.2, 0.25) is 0 Å². The lowest BCUT2D eigenvalue weighted by Gasteiger charge is -2.23. The second-order valence-corrected chi connectivity index (χ2v) is 38.9. The number of sulfone groups is 1. The Bertz CT molecular complexity index is 4970. The Morgan fingerprint density at radius 2 is 0.796 bits per heavy atom. The van der Waals surface area contributed by atoms with Gasteiger partial charge in [0.05, 0.1) is 73.5 Å². The minimum atomic E-state index is -3.38. The van der Waals surface area contributed by atoms with Gasteiger partial charge in [0.15, 0.2) is 57.8 Å². The number of rotatable bonds is 56. The molecule has 0 saturated heterocycles. The number of hydrogen-bond donors (Lipinski definition) is 12. The van der Waals surface area contributed by atoms with E-state index in [0.717, 1.165) is 192 Å². The van der Waals surface area contributed by atoms with Gasteiger partial charge in [-0.25, -0.2) is 18.4 Å². The average Bonchev–Trinajstić information content (AvgIpc) is 1.62. The first-order valence-electron chi connectivity index (χ1n) is 50.3. The van der Waals surface area contributed by atoms with Crippen molar-refractivity contribution in [3.05, 3.63) is 142 Å². The van der Waals surface area contributed by atoms with Crippen molar-refractivity contribution in [1.29, 1.82) is 0 Å². The van der Waals surface area contributed by atoms with Gasteiger partial charge in [0, 0.05) is 85.0 Å². The first-order chi connectivity index (χ1) is 68.4. The highest BCUT2D eigenvalue weighted by atomic mass is 32.2. The molecular weight excluding hydrogens is 1850 g/mol. The predicted octanol–water partition coefficient (Wildman–Crippen LogP) is 6.79. The molecule has 0 radical (unpaired) electrons. The first-order valence-corrected chi connectivity index (χ1v) is 52.3. The highest BCUT2D eigenvalue weighted by molar-refractivity contribution is 7.91. The molecule has 42 heteroatoms. The van der Waals surface area contributed by atoms with E-state index in [4.69, 9.17) is 43.9 Å². The summed E-state index contributed by atoms with van der Waals surface area (Å²) in [4.78, 5) is 185. The summed E-state index contributed by atoms with van der Waals surface area (Å²) in [5.74, 6) is -3.02. The minimum Gasteiger partial charge on any atom is -0.467 e. The van der Waals surface area contributed by atoms with Crippen LogP contribution in [0.3, 0.4) is 0 Å². The molecule has 5 fully saturated rings. The second kappa shape index (κ2) is 67.8. The Hall–Kier alpha value is -11.6. The van der Waals surface area contributed by atoms with E-state index in [1.807, 2.05) is 0 Å². The van der Waals surface area contributed by atoms with Crippen molar-refractivity contribution in [3.8, 4) is 11.8 Å². The van der Waals surface area contributed by atoms with E-state index in [2.05, 4.69) is 72.8 Å². The molecule has 5 saturated carbocycles. The van der Waals surface area contributed by atoms with Crippen molar-refractivity contribution in [2.75, 3.05) is 71.0 Å². The number of ether oxygens (including phenoxy) is 2. The third-order valence-corrected chi connectivity index (χ3v) is 26.1. The van der Waals surface area contributed by atoms with Gasteiger partial charge in [-0.15, -0.1) is 0 Å². The number of aryl methyl sites for hydroxylation is 1. The highest BCUT2D eigenvalue weighted by Crippen LogP contribution is 2.30. The van der Waals surface area contributed by atoms with Crippen molar-refractivity contribution in [3.63, 3.8) is 0 Å². The van der Waals surface area contributed by atoms with Gasteiger partial charge in [0.2, 0.25) is 35.5 Å². The smallest absolute Gasteiger partial charge is 0.272 e. The van der Waals surface area contributed by atoms with E-state index in [-0.39, 0.29) is 149 Å². The largest absolute Gasteiger partial charge is 0.467 e. The zero-order valence-electron chi connectivity index (χ0n) is 82.6. The number of nitrogens with two attached hydrogens (primary N) is 6. The van der Waals surface area contributed by atoms with Crippen LogP contribution >= 0.6 is 0 Å². The number of Topliss-reactive ketones (excluding diaryl/α,β-unsaturated/α-hetero) is 6. The molecule has 0 spiro atoms. The molecule has 6 amide bonds. The zero-order chi connectivity index (χ0) is 103. The summed E-state index contributed by atoms with van der Waals surface area (Å²) in [7, 11) is -3.38. The van der Waals surface area contributed by atoms with Crippen LogP contribution < -0.4 is 86.9 Å². The Morgan fingerprint density at radius 3 is 1.13 bits per heavy atom. The lowest BCUT2D eigenvalue weighted by molar-refractivity contribution is -0.131. The topological polar surface area (TPSA) is 623 Å². The summed E-state index contributed by atoms with van der Waals surface area (Å²) in [5.41, 5.74) is 33.3. The highest BCUT2D eigenvalue weighted by Gasteiger charge is 2.35. The van der Waals surface area contributed by atoms with Gasteiger partial charge in [-0.3, -0.25) is 72.1 Å². The van der Waals surface area contributed by atoms with Crippen LogP contribution in [-0.4, -0.2) is 227 Å². The number of aromatic nitrogens is 6. The van der Waals surface area contributed by atoms with Gasteiger partial charge in [-0.1, -0.05) is 76.9 Å². The summed E-state index contributed by atoms with van der Waals surface area (Å²) < 4.78 is 58.6. The minimum absolute atomic E-state index is 0.00183. The number of hydrogen-bond acceptors (Lipinski definition) is 32. The van der Waals surface area contributed by atoms with Crippen LogP contribution in [0, 0.1) is 42.5 Å². The number of nitrogens with one attached hydrogen (secondary N) is 6. The summed E-state index contributed by atoms with van der Waals surface area (Å²) >= 11 is 0. The fourth-order valence-corrected chi connectivity index (χ4v) is 17.8. The lowest BCUT2D eigenvalue weighted by Crippen LogP contribution is -2.46.